The lowest BCUT2D eigenvalue weighted by atomic mass is 9.80. The van der Waals surface area contributed by atoms with Crippen LogP contribution in [-0.2, 0) is 10.2 Å². The Morgan fingerprint density at radius 2 is 2.00 bits per heavy atom. The number of carbonyl (C=O) groups is 1. The summed E-state index contributed by atoms with van der Waals surface area (Å²) in [5.41, 5.74) is 0.687. The van der Waals surface area contributed by atoms with Gasteiger partial charge in [0, 0.05) is 11.0 Å². The van der Waals surface area contributed by atoms with E-state index in [2.05, 4.69) is 0 Å². The number of aromatic hydroxyl groups is 1. The lowest BCUT2D eigenvalue weighted by Crippen LogP contribution is -2.21. The molecule has 0 radical (unpaired) electrons. The Bertz CT molecular complexity index is 425. The molecule has 0 aliphatic heterocycles. The van der Waals surface area contributed by atoms with Gasteiger partial charge in [0.05, 0.1) is 11.4 Å². The fourth-order valence-electron chi connectivity index (χ4n) is 1.68. The lowest BCUT2D eigenvalue weighted by Gasteiger charge is -2.24. The van der Waals surface area contributed by atoms with E-state index in [1.54, 1.807) is 32.9 Å². The molecule has 0 atom stereocenters. The van der Waals surface area contributed by atoms with E-state index in [0.29, 0.717) is 5.56 Å². The predicted molar refractivity (Wildman–Crippen MR) is 63.1 cm³/mol. The third-order valence-corrected chi connectivity index (χ3v) is 3.11. The van der Waals surface area contributed by atoms with Crippen molar-refractivity contribution in [1.82, 2.24) is 0 Å². The van der Waals surface area contributed by atoms with E-state index < -0.39 is 11.4 Å². The third kappa shape index (κ3) is 2.47. The molecule has 0 aromatic heterocycles. The van der Waals surface area contributed by atoms with Gasteiger partial charge in [0.1, 0.15) is 5.75 Å². The van der Waals surface area contributed by atoms with Crippen LogP contribution in [0.5, 0.6) is 5.75 Å². The minimum Gasteiger partial charge on any atom is -0.506 e. The van der Waals surface area contributed by atoms with Crippen molar-refractivity contribution in [2.75, 3.05) is 0 Å². The normalized spacial score (nSPS) is 11.5. The molecular formula is C12H15ClO3. The largest absolute Gasteiger partial charge is 0.506 e. The molecule has 0 aliphatic carbocycles. The quantitative estimate of drug-likeness (QED) is 0.856. The van der Waals surface area contributed by atoms with Gasteiger partial charge in [-0.2, -0.15) is 0 Å². The molecule has 1 aromatic rings. The summed E-state index contributed by atoms with van der Waals surface area (Å²) in [6.45, 7) is 5.32. The fourth-order valence-corrected chi connectivity index (χ4v) is 1.85. The second kappa shape index (κ2) is 4.34. The molecule has 0 saturated carbocycles. The van der Waals surface area contributed by atoms with Gasteiger partial charge in [0.25, 0.3) is 0 Å². The molecule has 4 heteroatoms. The van der Waals surface area contributed by atoms with Gasteiger partial charge >= 0.3 is 5.97 Å². The van der Waals surface area contributed by atoms with Crippen LogP contribution in [-0.4, -0.2) is 16.2 Å². The number of rotatable bonds is 3. The summed E-state index contributed by atoms with van der Waals surface area (Å²) in [7, 11) is 0. The van der Waals surface area contributed by atoms with Crippen molar-refractivity contribution in [3.63, 3.8) is 0 Å². The van der Waals surface area contributed by atoms with Crippen molar-refractivity contribution in [3.05, 3.63) is 28.3 Å². The van der Waals surface area contributed by atoms with E-state index in [1.165, 1.54) is 0 Å². The molecule has 3 nitrogen and oxygen atoms in total. The number of benzene rings is 1. The lowest BCUT2D eigenvalue weighted by molar-refractivity contribution is -0.138. The average Bonchev–Trinajstić information content (AvgIpc) is 2.11. The Kier molecular flexibility index (Phi) is 3.48. The molecule has 0 saturated heterocycles. The predicted octanol–water partition coefficient (Wildman–Crippen LogP) is 3.11. The first-order valence-corrected chi connectivity index (χ1v) is 5.34. The molecular weight excluding hydrogens is 228 g/mol. The van der Waals surface area contributed by atoms with Gasteiger partial charge in [0.2, 0.25) is 0 Å². The van der Waals surface area contributed by atoms with E-state index in [-0.39, 0.29) is 17.2 Å². The number of carboxylic acid groups (broad SMARTS) is 1. The van der Waals surface area contributed by atoms with E-state index in [1.807, 2.05) is 0 Å². The average molecular weight is 243 g/mol. The summed E-state index contributed by atoms with van der Waals surface area (Å²) in [6.07, 6.45) is -0.0556. The smallest absolute Gasteiger partial charge is 0.304 e. The molecule has 0 unspecified atom stereocenters. The maximum atomic E-state index is 10.7. The number of phenolic OH excluding ortho intramolecular Hbond substituents is 1. The van der Waals surface area contributed by atoms with Crippen LogP contribution in [0.4, 0.5) is 0 Å². The molecule has 0 bridgehead atoms. The number of carboxylic acids is 1. The highest BCUT2D eigenvalue weighted by Crippen LogP contribution is 2.39. The Morgan fingerprint density at radius 1 is 1.44 bits per heavy atom. The van der Waals surface area contributed by atoms with Gasteiger partial charge < -0.3 is 10.2 Å². The summed E-state index contributed by atoms with van der Waals surface area (Å²) in [5.74, 6) is -0.922. The zero-order valence-electron chi connectivity index (χ0n) is 9.54. The number of halogens is 1. The molecule has 1 rings (SSSR count). The van der Waals surface area contributed by atoms with Crippen LogP contribution >= 0.6 is 11.6 Å². The van der Waals surface area contributed by atoms with Crippen LogP contribution in [0.25, 0.3) is 0 Å². The Balaban J connectivity index is 3.23. The van der Waals surface area contributed by atoms with Crippen LogP contribution in [0.2, 0.25) is 5.02 Å². The van der Waals surface area contributed by atoms with Crippen LogP contribution < -0.4 is 0 Å². The van der Waals surface area contributed by atoms with E-state index >= 15 is 0 Å². The van der Waals surface area contributed by atoms with E-state index in [0.717, 1.165) is 5.56 Å². The fraction of sp³-hybridized carbons (Fsp3) is 0.417. The molecule has 2 N–H and O–H groups in total. The minimum atomic E-state index is -0.902. The summed E-state index contributed by atoms with van der Waals surface area (Å²) in [4.78, 5) is 10.7. The Hall–Kier alpha value is -1.22. The number of hydrogen-bond donors (Lipinski definition) is 2. The number of phenols is 1. The molecule has 0 heterocycles. The van der Waals surface area contributed by atoms with Gasteiger partial charge in [-0.25, -0.2) is 0 Å². The number of aliphatic carboxylic acids is 1. The SMILES string of the molecule is Cc1ccc(C(C)(C)CC(=O)O)c(O)c1Cl. The van der Waals surface area contributed by atoms with Crippen molar-refractivity contribution in [1.29, 1.82) is 0 Å². The van der Waals surface area contributed by atoms with E-state index in [4.69, 9.17) is 16.7 Å². The van der Waals surface area contributed by atoms with Crippen LogP contribution in [0, 0.1) is 6.92 Å². The molecule has 0 aliphatic rings. The topological polar surface area (TPSA) is 57.5 Å². The van der Waals surface area contributed by atoms with E-state index in [9.17, 15) is 9.90 Å². The van der Waals surface area contributed by atoms with Gasteiger partial charge in [-0.3, -0.25) is 4.79 Å². The monoisotopic (exact) mass is 242 g/mol. The minimum absolute atomic E-state index is 0.0204. The molecule has 0 spiro atoms. The number of hydrogen-bond acceptors (Lipinski definition) is 2. The van der Waals surface area contributed by atoms with Crippen molar-refractivity contribution >= 4 is 17.6 Å². The first-order valence-electron chi connectivity index (χ1n) is 4.96. The molecule has 0 amide bonds. The highest BCUT2D eigenvalue weighted by Gasteiger charge is 2.28. The molecule has 0 fully saturated rings. The highest BCUT2D eigenvalue weighted by atomic mass is 35.5. The molecule has 16 heavy (non-hydrogen) atoms. The van der Waals surface area contributed by atoms with Gasteiger partial charge in [0.15, 0.2) is 0 Å². The zero-order chi connectivity index (χ0) is 12.5. The van der Waals surface area contributed by atoms with Crippen molar-refractivity contribution in [2.45, 2.75) is 32.6 Å². The second-order valence-electron chi connectivity index (χ2n) is 4.55. The maximum Gasteiger partial charge on any atom is 0.304 e. The summed E-state index contributed by atoms with van der Waals surface area (Å²) >= 11 is 5.93. The highest BCUT2D eigenvalue weighted by molar-refractivity contribution is 6.32. The molecule has 1 aromatic carbocycles. The van der Waals surface area contributed by atoms with Gasteiger partial charge in [-0.15, -0.1) is 0 Å². The first-order chi connectivity index (χ1) is 7.25. The van der Waals surface area contributed by atoms with Crippen LogP contribution in [0.15, 0.2) is 12.1 Å². The van der Waals surface area contributed by atoms with Crippen LogP contribution in [0.3, 0.4) is 0 Å². The molecule has 88 valence electrons. The second-order valence-corrected chi connectivity index (χ2v) is 4.92. The Morgan fingerprint density at radius 3 is 2.50 bits per heavy atom. The maximum absolute atomic E-state index is 10.7. The summed E-state index contributed by atoms with van der Waals surface area (Å²) in [5, 5.41) is 19.0. The van der Waals surface area contributed by atoms with Crippen molar-refractivity contribution in [2.24, 2.45) is 0 Å². The summed E-state index contributed by atoms with van der Waals surface area (Å²) < 4.78 is 0. The third-order valence-electron chi connectivity index (χ3n) is 2.63. The van der Waals surface area contributed by atoms with Crippen molar-refractivity contribution < 1.29 is 15.0 Å². The Labute approximate surface area is 99.7 Å². The van der Waals surface area contributed by atoms with Crippen molar-refractivity contribution in [3.8, 4) is 5.75 Å². The van der Waals surface area contributed by atoms with Gasteiger partial charge in [-0.05, 0) is 12.5 Å². The zero-order valence-corrected chi connectivity index (χ0v) is 10.3. The first kappa shape index (κ1) is 12.8. The van der Waals surface area contributed by atoms with Gasteiger partial charge in [-0.1, -0.05) is 37.6 Å². The summed E-state index contributed by atoms with van der Waals surface area (Å²) in [6, 6.07) is 3.50. The number of aryl methyl sites for hydroxylation is 1. The van der Waals surface area contributed by atoms with Crippen LogP contribution in [0.1, 0.15) is 31.4 Å². The standard InChI is InChI=1S/C12H15ClO3/c1-7-4-5-8(11(16)10(7)13)12(2,3)6-9(14)15/h4-5,16H,6H2,1-3H3,(H,14,15).